The van der Waals surface area contributed by atoms with Gasteiger partial charge in [0.15, 0.2) is 5.78 Å². The molecule has 0 amide bonds. The summed E-state index contributed by atoms with van der Waals surface area (Å²) in [6, 6.07) is 0. The number of carbonyl (C=O) groups is 1. The highest BCUT2D eigenvalue weighted by Gasteiger charge is 2.57. The van der Waals surface area contributed by atoms with Crippen molar-refractivity contribution in [2.45, 2.75) is 78.6 Å². The number of Topliss-reactive ketones (excluding diaryl/α,β-unsaturated/α-hetero) is 1. The lowest BCUT2D eigenvalue weighted by Gasteiger charge is -2.54. The van der Waals surface area contributed by atoms with Crippen molar-refractivity contribution in [1.29, 1.82) is 5.41 Å². The number of hydrogen-bond acceptors (Lipinski definition) is 4. The molecule has 2 N–H and O–H groups in total. The second-order valence-electron chi connectivity index (χ2n) is 10.7. The maximum Gasteiger partial charge on any atom is 0.155 e. The van der Waals surface area contributed by atoms with Gasteiger partial charge in [-0.2, -0.15) is 0 Å². The Morgan fingerprint density at radius 3 is 2.81 bits per heavy atom. The number of nitrogens with zero attached hydrogens (tertiary/aromatic N) is 1. The van der Waals surface area contributed by atoms with Crippen LogP contribution < -0.4 is 5.32 Å². The smallest absolute Gasteiger partial charge is 0.155 e. The number of hydrogen-bond donors (Lipinski definition) is 2. The zero-order chi connectivity index (χ0) is 22.0. The third-order valence-corrected chi connectivity index (χ3v) is 9.41. The lowest BCUT2D eigenvalue weighted by Crippen LogP contribution is -2.48. The topological polar surface area (TPSA) is 65.3 Å². The predicted molar refractivity (Wildman–Crippen MR) is 128 cm³/mol. The quantitative estimate of drug-likeness (QED) is 0.532. The van der Waals surface area contributed by atoms with Gasteiger partial charge in [0.2, 0.25) is 0 Å². The summed E-state index contributed by atoms with van der Waals surface area (Å²) >= 11 is 0. The van der Waals surface area contributed by atoms with Gasteiger partial charge < -0.3 is 5.32 Å². The van der Waals surface area contributed by atoms with Crippen LogP contribution in [0.25, 0.3) is 0 Å². The third kappa shape index (κ3) is 4.19. The molecule has 4 rings (SSSR count). The summed E-state index contributed by atoms with van der Waals surface area (Å²) in [6.07, 6.45) is 18.6. The van der Waals surface area contributed by atoms with Gasteiger partial charge in [-0.3, -0.25) is 15.2 Å². The molecule has 1 heterocycles. The Bertz CT molecular complexity index is 781. The van der Waals surface area contributed by atoms with E-state index in [0.717, 1.165) is 36.0 Å². The molecule has 0 bridgehead atoms. The van der Waals surface area contributed by atoms with Crippen LogP contribution in [-0.2, 0) is 4.79 Å². The van der Waals surface area contributed by atoms with Gasteiger partial charge in [-0.15, -0.1) is 0 Å². The Labute approximate surface area is 188 Å². The van der Waals surface area contributed by atoms with Gasteiger partial charge >= 0.3 is 0 Å². The van der Waals surface area contributed by atoms with E-state index in [1.54, 1.807) is 24.6 Å². The second kappa shape index (κ2) is 9.42. The maximum absolute atomic E-state index is 13.3. The van der Waals surface area contributed by atoms with E-state index in [2.05, 4.69) is 31.1 Å². The van der Waals surface area contributed by atoms with Crippen molar-refractivity contribution in [3.8, 4) is 0 Å². The summed E-state index contributed by atoms with van der Waals surface area (Å²) in [4.78, 5) is 17.5. The van der Waals surface area contributed by atoms with Crippen LogP contribution in [0.1, 0.15) is 78.6 Å². The minimum absolute atomic E-state index is 0.182. The molecule has 31 heavy (non-hydrogen) atoms. The average Bonchev–Trinajstić information content (AvgIpc) is 3.13. The van der Waals surface area contributed by atoms with E-state index >= 15 is 0 Å². The van der Waals surface area contributed by atoms with Crippen molar-refractivity contribution in [1.82, 2.24) is 5.32 Å². The summed E-state index contributed by atoms with van der Waals surface area (Å²) in [7, 11) is 0. The summed E-state index contributed by atoms with van der Waals surface area (Å²) in [5.41, 5.74) is 1.17. The standard InChI is InChI=1S/C27H41N3O/c1-4-7-19-18(5-2)9-10-21-20(19)13-14-27(3)22(21)11-12-23(27)26(31)17-29-16-25-24(28)8-6-15-30-25/h6,8,15-16,18-23,28-29H,4-5,7,9-14,17H2,1-3H3/b25-16+,28-24?. The number of rotatable bonds is 7. The maximum atomic E-state index is 13.3. The van der Waals surface area contributed by atoms with Gasteiger partial charge in [0.25, 0.3) is 0 Å². The molecule has 0 aromatic carbocycles. The molecule has 0 radical (unpaired) electrons. The van der Waals surface area contributed by atoms with Crippen molar-refractivity contribution < 1.29 is 4.79 Å². The number of dihydropyridines is 1. The molecule has 3 aliphatic carbocycles. The van der Waals surface area contributed by atoms with E-state index in [1.807, 2.05) is 0 Å². The zero-order valence-electron chi connectivity index (χ0n) is 19.7. The van der Waals surface area contributed by atoms with E-state index in [-0.39, 0.29) is 11.3 Å². The van der Waals surface area contributed by atoms with E-state index in [1.165, 1.54) is 51.4 Å². The zero-order valence-corrected chi connectivity index (χ0v) is 19.7. The molecule has 3 saturated carbocycles. The lowest BCUT2D eigenvalue weighted by atomic mass is 9.50. The number of ketones is 1. The van der Waals surface area contributed by atoms with Crippen LogP contribution in [0, 0.1) is 46.3 Å². The fraction of sp³-hybridized carbons (Fsp3) is 0.741. The highest BCUT2D eigenvalue weighted by atomic mass is 16.1. The number of allylic oxidation sites excluding steroid dienone is 2. The molecule has 4 nitrogen and oxygen atoms in total. The van der Waals surface area contributed by atoms with Gasteiger partial charge in [0.05, 0.1) is 12.3 Å². The Morgan fingerprint density at radius 2 is 2.06 bits per heavy atom. The largest absolute Gasteiger partial charge is 0.382 e. The van der Waals surface area contributed by atoms with Crippen LogP contribution in [0.15, 0.2) is 29.0 Å². The molecule has 7 unspecified atom stereocenters. The Morgan fingerprint density at radius 1 is 1.23 bits per heavy atom. The molecular formula is C27H41N3O. The Kier molecular flexibility index (Phi) is 6.83. The van der Waals surface area contributed by atoms with E-state index in [4.69, 9.17) is 5.41 Å². The van der Waals surface area contributed by atoms with Crippen LogP contribution >= 0.6 is 0 Å². The van der Waals surface area contributed by atoms with Crippen molar-refractivity contribution in [3.05, 3.63) is 24.0 Å². The Balaban J connectivity index is 1.41. The molecule has 3 fully saturated rings. The van der Waals surface area contributed by atoms with Gasteiger partial charge in [0, 0.05) is 18.3 Å². The summed E-state index contributed by atoms with van der Waals surface area (Å²) < 4.78 is 0. The summed E-state index contributed by atoms with van der Waals surface area (Å²) in [6.45, 7) is 7.54. The molecule has 1 aliphatic heterocycles. The monoisotopic (exact) mass is 423 g/mol. The number of aliphatic imine (C=N–C) groups is 1. The van der Waals surface area contributed by atoms with Crippen molar-refractivity contribution in [2.75, 3.05) is 6.54 Å². The summed E-state index contributed by atoms with van der Waals surface area (Å²) in [5, 5.41) is 11.1. The van der Waals surface area contributed by atoms with Gasteiger partial charge in [0.1, 0.15) is 5.70 Å². The lowest BCUT2D eigenvalue weighted by molar-refractivity contribution is -0.129. The van der Waals surface area contributed by atoms with Crippen molar-refractivity contribution >= 4 is 17.7 Å². The molecule has 0 saturated heterocycles. The van der Waals surface area contributed by atoms with Gasteiger partial charge in [-0.05, 0) is 85.7 Å². The molecule has 0 aromatic heterocycles. The average molecular weight is 424 g/mol. The molecule has 0 spiro atoms. The molecule has 4 heteroatoms. The van der Waals surface area contributed by atoms with Crippen molar-refractivity contribution in [2.24, 2.45) is 45.9 Å². The number of nitrogens with one attached hydrogen (secondary N) is 2. The fourth-order valence-corrected chi connectivity index (χ4v) is 7.96. The summed E-state index contributed by atoms with van der Waals surface area (Å²) in [5.74, 6) is 4.87. The number of fused-ring (bicyclic) bond motifs is 3. The van der Waals surface area contributed by atoms with E-state index < -0.39 is 0 Å². The first-order valence-electron chi connectivity index (χ1n) is 12.8. The number of carbonyl (C=O) groups excluding carboxylic acids is 1. The van der Waals surface area contributed by atoms with Crippen LogP contribution in [0.4, 0.5) is 0 Å². The first-order chi connectivity index (χ1) is 15.0. The van der Waals surface area contributed by atoms with E-state index in [9.17, 15) is 4.79 Å². The minimum atomic E-state index is 0.182. The normalized spacial score (nSPS) is 40.6. The van der Waals surface area contributed by atoms with Crippen LogP contribution in [0.2, 0.25) is 0 Å². The highest BCUT2D eigenvalue weighted by Crippen LogP contribution is 2.63. The SMILES string of the molecule is CCCC1C(CC)CCC2C1CCC1(C)C(C(=O)CN/C=C3/N=CC=CC3=N)CCC21. The van der Waals surface area contributed by atoms with Crippen molar-refractivity contribution in [3.63, 3.8) is 0 Å². The first kappa shape index (κ1) is 22.5. The van der Waals surface area contributed by atoms with Gasteiger partial charge in [-0.25, -0.2) is 0 Å². The highest BCUT2D eigenvalue weighted by molar-refractivity contribution is 6.10. The first-order valence-corrected chi connectivity index (χ1v) is 12.8. The molecular weight excluding hydrogens is 382 g/mol. The van der Waals surface area contributed by atoms with Crippen LogP contribution in [0.5, 0.6) is 0 Å². The van der Waals surface area contributed by atoms with Crippen LogP contribution in [-0.4, -0.2) is 24.3 Å². The minimum Gasteiger partial charge on any atom is -0.382 e. The van der Waals surface area contributed by atoms with E-state index in [0.29, 0.717) is 23.7 Å². The fourth-order valence-electron chi connectivity index (χ4n) is 7.96. The second-order valence-corrected chi connectivity index (χ2v) is 10.7. The van der Waals surface area contributed by atoms with Crippen LogP contribution in [0.3, 0.4) is 0 Å². The molecule has 4 aliphatic rings. The third-order valence-electron chi connectivity index (χ3n) is 9.41. The van der Waals surface area contributed by atoms with Gasteiger partial charge in [-0.1, -0.05) is 40.0 Å². The Hall–Kier alpha value is -1.71. The molecule has 170 valence electrons. The molecule has 7 atom stereocenters. The predicted octanol–water partition coefficient (Wildman–Crippen LogP) is 5.94. The molecule has 0 aromatic rings.